The normalized spacial score (nSPS) is 17.5. The van der Waals surface area contributed by atoms with Gasteiger partial charge in [-0.15, -0.1) is 0 Å². The average Bonchev–Trinajstić information content (AvgIpc) is 2.78. The Morgan fingerprint density at radius 1 is 1.29 bits per heavy atom. The number of hydrogen-bond donors (Lipinski definition) is 2. The fraction of sp³-hybridized carbons (Fsp3) is 0.552. The quantitative estimate of drug-likeness (QED) is 0.337. The van der Waals surface area contributed by atoms with Crippen molar-refractivity contribution in [2.45, 2.75) is 86.2 Å². The number of ether oxygens (including phenoxy) is 1. The first kappa shape index (κ1) is 27.8. The van der Waals surface area contributed by atoms with Gasteiger partial charge in [0.2, 0.25) is 0 Å². The lowest BCUT2D eigenvalue weighted by atomic mass is 9.72. The molecular formula is C29H42FNO3. The van der Waals surface area contributed by atoms with E-state index in [-0.39, 0.29) is 17.1 Å². The summed E-state index contributed by atoms with van der Waals surface area (Å²) in [6.07, 6.45) is 9.01. The third-order valence-corrected chi connectivity index (χ3v) is 6.55. The first-order chi connectivity index (χ1) is 16.1. The smallest absolute Gasteiger partial charge is 0.251 e. The zero-order valence-electron chi connectivity index (χ0n) is 21.8. The number of halogens is 1. The van der Waals surface area contributed by atoms with Gasteiger partial charge in [-0.05, 0) is 87.6 Å². The van der Waals surface area contributed by atoms with Crippen molar-refractivity contribution in [1.29, 1.82) is 0 Å². The van der Waals surface area contributed by atoms with Crippen molar-refractivity contribution in [2.75, 3.05) is 13.2 Å². The second-order valence-electron chi connectivity index (χ2n) is 9.89. The fourth-order valence-electron chi connectivity index (χ4n) is 4.56. The highest BCUT2D eigenvalue weighted by molar-refractivity contribution is 5.95. The molecule has 0 bridgehead atoms. The number of benzene rings is 1. The van der Waals surface area contributed by atoms with Gasteiger partial charge < -0.3 is 15.2 Å². The molecule has 0 saturated carbocycles. The lowest BCUT2D eigenvalue weighted by Gasteiger charge is -2.33. The predicted molar refractivity (Wildman–Crippen MR) is 139 cm³/mol. The van der Waals surface area contributed by atoms with Crippen LogP contribution in [-0.2, 0) is 0 Å². The number of hydrogen-bond acceptors (Lipinski definition) is 3. The van der Waals surface area contributed by atoms with Crippen LogP contribution in [0.25, 0.3) is 5.83 Å². The van der Waals surface area contributed by atoms with Crippen molar-refractivity contribution in [3.63, 3.8) is 0 Å². The average molecular weight is 472 g/mol. The highest BCUT2D eigenvalue weighted by Gasteiger charge is 2.26. The molecule has 0 saturated heterocycles. The molecule has 1 unspecified atom stereocenters. The minimum absolute atomic E-state index is 0.0909. The summed E-state index contributed by atoms with van der Waals surface area (Å²) in [5.41, 5.74) is 4.01. The first-order valence-electron chi connectivity index (χ1n) is 12.6. The molecule has 188 valence electrons. The van der Waals surface area contributed by atoms with Gasteiger partial charge in [0.15, 0.2) is 0 Å². The third-order valence-electron chi connectivity index (χ3n) is 6.55. The summed E-state index contributed by atoms with van der Waals surface area (Å²) in [6, 6.07) is 4.81. The number of aliphatic hydroxyl groups excluding tert-OH is 1. The van der Waals surface area contributed by atoms with Gasteiger partial charge in [-0.25, -0.2) is 4.39 Å². The van der Waals surface area contributed by atoms with Gasteiger partial charge in [0.05, 0.1) is 18.3 Å². The summed E-state index contributed by atoms with van der Waals surface area (Å²) >= 11 is 0. The molecule has 1 aliphatic carbocycles. The molecule has 0 spiro atoms. The van der Waals surface area contributed by atoms with Crippen LogP contribution in [0, 0.1) is 5.41 Å². The molecule has 0 heterocycles. The van der Waals surface area contributed by atoms with Crippen molar-refractivity contribution in [3.05, 3.63) is 58.2 Å². The van der Waals surface area contributed by atoms with E-state index >= 15 is 4.39 Å². The van der Waals surface area contributed by atoms with Crippen LogP contribution in [0.4, 0.5) is 4.39 Å². The maximum absolute atomic E-state index is 15.5. The molecule has 0 aliphatic heterocycles. The van der Waals surface area contributed by atoms with Gasteiger partial charge in [0.25, 0.3) is 5.91 Å². The number of aliphatic hydroxyl groups is 1. The molecule has 0 radical (unpaired) electrons. The molecular weight excluding hydrogens is 429 g/mol. The SMILES string of the molecule is CCCC(O)CCNC(=O)c1ccc(/C(F)=C(C)/C=C/C2=C(C)CCCC2(C)C)c(OCC)c1. The van der Waals surface area contributed by atoms with E-state index in [9.17, 15) is 9.90 Å². The van der Waals surface area contributed by atoms with E-state index in [1.165, 1.54) is 17.6 Å². The number of carbonyl (C=O) groups excluding carboxylic acids is 1. The van der Waals surface area contributed by atoms with Gasteiger partial charge >= 0.3 is 0 Å². The summed E-state index contributed by atoms with van der Waals surface area (Å²) in [6.45, 7) is 13.0. The summed E-state index contributed by atoms with van der Waals surface area (Å²) in [5.74, 6) is -0.278. The van der Waals surface area contributed by atoms with Crippen molar-refractivity contribution < 1.29 is 19.0 Å². The Labute approximate surface area is 205 Å². The molecule has 1 aromatic rings. The number of amides is 1. The first-order valence-corrected chi connectivity index (χ1v) is 12.6. The maximum Gasteiger partial charge on any atom is 0.251 e. The third kappa shape index (κ3) is 7.56. The van der Waals surface area contributed by atoms with Crippen molar-refractivity contribution in [2.24, 2.45) is 5.41 Å². The highest BCUT2D eigenvalue weighted by atomic mass is 19.1. The minimum Gasteiger partial charge on any atom is -0.493 e. The molecule has 1 aliphatic rings. The zero-order chi connectivity index (χ0) is 25.3. The summed E-state index contributed by atoms with van der Waals surface area (Å²) in [4.78, 5) is 12.6. The van der Waals surface area contributed by atoms with Crippen LogP contribution in [0.5, 0.6) is 5.75 Å². The maximum atomic E-state index is 15.5. The molecule has 0 fully saturated rings. The van der Waals surface area contributed by atoms with Crippen molar-refractivity contribution in [3.8, 4) is 5.75 Å². The molecule has 1 atom stereocenters. The van der Waals surface area contributed by atoms with Gasteiger partial charge in [-0.1, -0.05) is 44.9 Å². The molecule has 34 heavy (non-hydrogen) atoms. The number of carbonyl (C=O) groups is 1. The standard InChI is InChI=1S/C29H42FNO3/c1-7-10-23(32)16-18-31-28(33)22-13-14-24(26(19-22)34-8-2)27(30)21(4)12-15-25-20(3)11-9-17-29(25,5)6/h12-15,19,23,32H,7-11,16-18H2,1-6H3,(H,31,33)/b15-12+,27-21-. The van der Waals surface area contributed by atoms with Gasteiger partial charge in [-0.3, -0.25) is 4.79 Å². The Balaban J connectivity index is 2.23. The van der Waals surface area contributed by atoms with Crippen LogP contribution in [0.1, 0.15) is 96.0 Å². The molecule has 4 nitrogen and oxygen atoms in total. The van der Waals surface area contributed by atoms with Crippen molar-refractivity contribution >= 4 is 11.7 Å². The summed E-state index contributed by atoms with van der Waals surface area (Å²) in [5, 5.41) is 12.7. The Bertz CT molecular complexity index is 943. The summed E-state index contributed by atoms with van der Waals surface area (Å²) in [7, 11) is 0. The predicted octanol–water partition coefficient (Wildman–Crippen LogP) is 7.15. The number of allylic oxidation sites excluding steroid dienone is 5. The number of nitrogens with one attached hydrogen (secondary N) is 1. The highest BCUT2D eigenvalue weighted by Crippen LogP contribution is 2.41. The van der Waals surface area contributed by atoms with E-state index in [4.69, 9.17) is 4.74 Å². The molecule has 2 N–H and O–H groups in total. The van der Waals surface area contributed by atoms with Crippen LogP contribution in [0.2, 0.25) is 0 Å². The Hall–Kier alpha value is -2.40. The molecule has 0 aromatic heterocycles. The Morgan fingerprint density at radius 3 is 2.68 bits per heavy atom. The van der Waals surface area contributed by atoms with Crippen LogP contribution >= 0.6 is 0 Å². The van der Waals surface area contributed by atoms with E-state index in [2.05, 4.69) is 32.2 Å². The van der Waals surface area contributed by atoms with Crippen molar-refractivity contribution in [1.82, 2.24) is 5.32 Å². The van der Waals surface area contributed by atoms with E-state index in [1.54, 1.807) is 25.1 Å². The monoisotopic (exact) mass is 471 g/mol. The molecule has 1 aromatic carbocycles. The Kier molecular flexibility index (Phi) is 10.6. The van der Waals surface area contributed by atoms with Crippen LogP contribution < -0.4 is 10.1 Å². The van der Waals surface area contributed by atoms with Gasteiger partial charge in [0, 0.05) is 12.1 Å². The fourth-order valence-corrected chi connectivity index (χ4v) is 4.56. The zero-order valence-corrected chi connectivity index (χ0v) is 21.8. The van der Waals surface area contributed by atoms with E-state index in [0.717, 1.165) is 19.3 Å². The topological polar surface area (TPSA) is 58.6 Å². The molecule has 2 rings (SSSR count). The van der Waals surface area contributed by atoms with E-state index in [0.29, 0.717) is 48.4 Å². The Morgan fingerprint density at radius 2 is 2.03 bits per heavy atom. The lowest BCUT2D eigenvalue weighted by molar-refractivity contribution is 0.0940. The second kappa shape index (κ2) is 12.9. The molecule has 5 heteroatoms. The van der Waals surface area contributed by atoms with E-state index < -0.39 is 6.10 Å². The minimum atomic E-state index is -0.416. The van der Waals surface area contributed by atoms with Crippen LogP contribution in [-0.4, -0.2) is 30.3 Å². The second-order valence-corrected chi connectivity index (χ2v) is 9.89. The number of rotatable bonds is 11. The van der Waals surface area contributed by atoms with Gasteiger partial charge in [-0.2, -0.15) is 0 Å². The van der Waals surface area contributed by atoms with Crippen LogP contribution in [0.3, 0.4) is 0 Å². The molecule has 1 amide bonds. The summed E-state index contributed by atoms with van der Waals surface area (Å²) < 4.78 is 21.1. The van der Waals surface area contributed by atoms with Gasteiger partial charge in [0.1, 0.15) is 11.6 Å². The largest absolute Gasteiger partial charge is 0.493 e. The van der Waals surface area contributed by atoms with Crippen LogP contribution in [0.15, 0.2) is 47.1 Å². The lowest BCUT2D eigenvalue weighted by Crippen LogP contribution is -2.27. The van der Waals surface area contributed by atoms with E-state index in [1.807, 2.05) is 19.9 Å².